The second kappa shape index (κ2) is 4.92. The largest absolute Gasteiger partial charge is 0.489 e. The molecule has 2 atom stereocenters. The summed E-state index contributed by atoms with van der Waals surface area (Å²) in [6.07, 6.45) is 0.511. The SMILES string of the molecule is Cc1cc2c(c3c1NC(=O)C(C)(C)C3)OC(CN=[N+]=[N-])C2C. The van der Waals surface area contributed by atoms with Gasteiger partial charge in [-0.1, -0.05) is 25.9 Å². The van der Waals surface area contributed by atoms with Crippen molar-refractivity contribution in [2.45, 2.75) is 46.1 Å². The highest BCUT2D eigenvalue weighted by Gasteiger charge is 2.40. The van der Waals surface area contributed by atoms with Crippen LogP contribution in [0.2, 0.25) is 0 Å². The fraction of sp³-hybridized carbons (Fsp3) is 0.562. The molecule has 2 aliphatic rings. The molecule has 0 saturated carbocycles. The summed E-state index contributed by atoms with van der Waals surface area (Å²) in [4.78, 5) is 15.0. The van der Waals surface area contributed by atoms with Gasteiger partial charge in [-0.05, 0) is 30.5 Å². The van der Waals surface area contributed by atoms with E-state index in [2.05, 4.69) is 28.3 Å². The smallest absolute Gasteiger partial charge is 0.230 e. The summed E-state index contributed by atoms with van der Waals surface area (Å²) in [6.45, 7) is 8.29. The Bertz CT molecular complexity index is 705. The second-order valence-electron chi connectivity index (χ2n) is 6.84. The lowest BCUT2D eigenvalue weighted by Crippen LogP contribution is -2.37. The number of amides is 1. The van der Waals surface area contributed by atoms with Crippen molar-refractivity contribution in [2.24, 2.45) is 10.5 Å². The van der Waals surface area contributed by atoms with E-state index in [9.17, 15) is 4.79 Å². The fourth-order valence-corrected chi connectivity index (χ4v) is 3.29. The summed E-state index contributed by atoms with van der Waals surface area (Å²) in [5.74, 6) is 1.07. The lowest BCUT2D eigenvalue weighted by molar-refractivity contribution is -0.124. The first kappa shape index (κ1) is 14.7. The van der Waals surface area contributed by atoms with E-state index in [0.717, 1.165) is 28.1 Å². The van der Waals surface area contributed by atoms with Crippen LogP contribution in [0.4, 0.5) is 5.69 Å². The Kier molecular flexibility index (Phi) is 3.29. The summed E-state index contributed by atoms with van der Waals surface area (Å²) in [6, 6.07) is 2.08. The van der Waals surface area contributed by atoms with Gasteiger partial charge in [0.15, 0.2) is 0 Å². The lowest BCUT2D eigenvalue weighted by atomic mass is 9.79. The molecular weight excluding hydrogens is 280 g/mol. The van der Waals surface area contributed by atoms with E-state index >= 15 is 0 Å². The third-order valence-electron chi connectivity index (χ3n) is 4.72. The van der Waals surface area contributed by atoms with Crippen molar-refractivity contribution in [3.8, 4) is 5.75 Å². The quantitative estimate of drug-likeness (QED) is 0.513. The molecule has 6 nitrogen and oxygen atoms in total. The van der Waals surface area contributed by atoms with E-state index in [1.807, 2.05) is 20.8 Å². The predicted molar refractivity (Wildman–Crippen MR) is 84.1 cm³/mol. The number of aryl methyl sites for hydroxylation is 1. The molecule has 22 heavy (non-hydrogen) atoms. The van der Waals surface area contributed by atoms with E-state index in [-0.39, 0.29) is 17.9 Å². The van der Waals surface area contributed by atoms with Gasteiger partial charge in [-0.3, -0.25) is 4.79 Å². The molecule has 6 heteroatoms. The third kappa shape index (κ3) is 2.11. The maximum Gasteiger partial charge on any atom is 0.230 e. The zero-order valence-corrected chi connectivity index (χ0v) is 13.3. The molecule has 0 aromatic heterocycles. The number of carbonyl (C=O) groups excluding carboxylic acids is 1. The second-order valence-corrected chi connectivity index (χ2v) is 6.84. The number of hydrogen-bond acceptors (Lipinski definition) is 3. The van der Waals surface area contributed by atoms with E-state index in [1.54, 1.807) is 0 Å². The zero-order valence-electron chi connectivity index (χ0n) is 13.3. The first-order chi connectivity index (χ1) is 10.3. The maximum absolute atomic E-state index is 12.2. The van der Waals surface area contributed by atoms with Crippen molar-refractivity contribution in [1.82, 2.24) is 0 Å². The van der Waals surface area contributed by atoms with E-state index in [4.69, 9.17) is 10.3 Å². The average molecular weight is 300 g/mol. The lowest BCUT2D eigenvalue weighted by Gasteiger charge is -2.32. The molecule has 0 aliphatic carbocycles. The Labute approximate surface area is 129 Å². The normalized spacial score (nSPS) is 24.6. The molecule has 116 valence electrons. The van der Waals surface area contributed by atoms with Gasteiger partial charge in [0.25, 0.3) is 0 Å². The highest BCUT2D eigenvalue weighted by Crippen LogP contribution is 2.48. The van der Waals surface area contributed by atoms with E-state index in [0.29, 0.717) is 13.0 Å². The van der Waals surface area contributed by atoms with Crippen LogP contribution in [0, 0.1) is 12.3 Å². The Morgan fingerprint density at radius 2 is 2.27 bits per heavy atom. The number of nitrogens with zero attached hydrogens (tertiary/aromatic N) is 3. The molecule has 0 radical (unpaired) electrons. The number of nitrogens with one attached hydrogen (secondary N) is 1. The molecule has 1 amide bonds. The highest BCUT2D eigenvalue weighted by atomic mass is 16.5. The number of carbonyl (C=O) groups is 1. The molecule has 2 heterocycles. The van der Waals surface area contributed by atoms with Gasteiger partial charge in [0.1, 0.15) is 11.9 Å². The standard InChI is InChI=1S/C16H20N4O2/c1-8-5-10-9(2)12(7-18-20-17)22-14(10)11-6-16(3,4)15(21)19-13(8)11/h5,9,12H,6-7H2,1-4H3,(H,19,21). The summed E-state index contributed by atoms with van der Waals surface area (Å²) in [5, 5.41) is 6.67. The average Bonchev–Trinajstić information content (AvgIpc) is 2.76. The van der Waals surface area contributed by atoms with Crippen LogP contribution in [0.15, 0.2) is 11.2 Å². The number of hydrogen-bond donors (Lipinski definition) is 1. The number of anilines is 1. The monoisotopic (exact) mass is 300 g/mol. The number of azide groups is 1. The Hall–Kier alpha value is -2.20. The van der Waals surface area contributed by atoms with Gasteiger partial charge in [-0.2, -0.15) is 0 Å². The summed E-state index contributed by atoms with van der Waals surface area (Å²) >= 11 is 0. The minimum Gasteiger partial charge on any atom is -0.489 e. The predicted octanol–water partition coefficient (Wildman–Crippen LogP) is 3.69. The highest BCUT2D eigenvalue weighted by molar-refractivity contribution is 5.99. The minimum absolute atomic E-state index is 0.0414. The van der Waals surface area contributed by atoms with Crippen molar-refractivity contribution in [3.05, 3.63) is 33.2 Å². The van der Waals surface area contributed by atoms with Crippen molar-refractivity contribution in [2.75, 3.05) is 11.9 Å². The Morgan fingerprint density at radius 3 is 2.95 bits per heavy atom. The van der Waals surface area contributed by atoms with Crippen LogP contribution in [-0.2, 0) is 11.2 Å². The topological polar surface area (TPSA) is 87.1 Å². The third-order valence-corrected chi connectivity index (χ3v) is 4.72. The molecule has 2 aliphatic heterocycles. The number of benzene rings is 1. The van der Waals surface area contributed by atoms with Crippen LogP contribution in [-0.4, -0.2) is 18.6 Å². The molecule has 0 spiro atoms. The molecule has 2 unspecified atom stereocenters. The van der Waals surface area contributed by atoms with Crippen molar-refractivity contribution in [3.63, 3.8) is 0 Å². The zero-order chi connectivity index (χ0) is 16.1. The first-order valence-electron chi connectivity index (χ1n) is 7.50. The molecule has 0 bridgehead atoms. The van der Waals surface area contributed by atoms with Gasteiger partial charge in [0, 0.05) is 27.4 Å². The van der Waals surface area contributed by atoms with Crippen LogP contribution >= 0.6 is 0 Å². The molecule has 0 fully saturated rings. The van der Waals surface area contributed by atoms with Crippen molar-refractivity contribution >= 4 is 11.6 Å². The maximum atomic E-state index is 12.2. The van der Waals surface area contributed by atoms with Gasteiger partial charge in [-0.25, -0.2) is 0 Å². The van der Waals surface area contributed by atoms with Crippen LogP contribution < -0.4 is 10.1 Å². The minimum atomic E-state index is -0.454. The van der Waals surface area contributed by atoms with Gasteiger partial charge < -0.3 is 10.1 Å². The van der Waals surface area contributed by atoms with Gasteiger partial charge in [0.2, 0.25) is 5.91 Å². The molecule has 1 aromatic carbocycles. The summed E-state index contributed by atoms with van der Waals surface area (Å²) in [7, 11) is 0. The fourth-order valence-electron chi connectivity index (χ4n) is 3.29. The van der Waals surface area contributed by atoms with Gasteiger partial charge in [0.05, 0.1) is 12.2 Å². The molecular formula is C16H20N4O2. The molecule has 0 saturated heterocycles. The summed E-state index contributed by atoms with van der Waals surface area (Å²) < 4.78 is 6.09. The van der Waals surface area contributed by atoms with Crippen molar-refractivity contribution in [1.29, 1.82) is 0 Å². The van der Waals surface area contributed by atoms with E-state index in [1.165, 1.54) is 0 Å². The van der Waals surface area contributed by atoms with Crippen LogP contribution in [0.1, 0.15) is 43.4 Å². The van der Waals surface area contributed by atoms with Crippen molar-refractivity contribution < 1.29 is 9.53 Å². The summed E-state index contributed by atoms with van der Waals surface area (Å²) in [5.41, 5.74) is 12.2. The van der Waals surface area contributed by atoms with Crippen LogP contribution in [0.3, 0.4) is 0 Å². The first-order valence-corrected chi connectivity index (χ1v) is 7.50. The van der Waals surface area contributed by atoms with Crippen LogP contribution in [0.5, 0.6) is 5.75 Å². The van der Waals surface area contributed by atoms with E-state index < -0.39 is 5.41 Å². The molecule has 3 rings (SSSR count). The number of fused-ring (bicyclic) bond motifs is 3. The Balaban J connectivity index is 2.08. The van der Waals surface area contributed by atoms with Gasteiger partial charge in [-0.15, -0.1) is 0 Å². The number of rotatable bonds is 2. The number of ether oxygens (including phenoxy) is 1. The molecule has 1 N–H and O–H groups in total. The van der Waals surface area contributed by atoms with Crippen LogP contribution in [0.25, 0.3) is 10.4 Å². The Morgan fingerprint density at radius 1 is 1.55 bits per heavy atom. The molecule has 1 aromatic rings. The van der Waals surface area contributed by atoms with Gasteiger partial charge >= 0.3 is 0 Å².